The first-order chi connectivity index (χ1) is 11.4. The normalized spacial score (nSPS) is 11.8. The van der Waals surface area contributed by atoms with Gasteiger partial charge in [-0.3, -0.25) is 0 Å². The molecule has 0 spiro atoms. The molecule has 3 rings (SSSR count). The minimum Gasteiger partial charge on any atom is -0.462 e. The van der Waals surface area contributed by atoms with Crippen LogP contribution in [-0.2, 0) is 16.6 Å². The Hall–Kier alpha value is -2.10. The zero-order valence-corrected chi connectivity index (χ0v) is 14.0. The van der Waals surface area contributed by atoms with Crippen LogP contribution in [0.2, 0.25) is 0 Å². The van der Waals surface area contributed by atoms with Gasteiger partial charge < -0.3 is 4.42 Å². The maximum Gasteiger partial charge on any atom is 0.243 e. The molecule has 2 heterocycles. The fourth-order valence-corrected chi connectivity index (χ4v) is 4.16. The molecule has 0 fully saturated rings. The Kier molecular flexibility index (Phi) is 4.48. The third kappa shape index (κ3) is 3.37. The molecule has 2 aromatic heterocycles. The predicted molar refractivity (Wildman–Crippen MR) is 84.9 cm³/mol. The van der Waals surface area contributed by atoms with Crippen LogP contribution in [0.15, 0.2) is 45.9 Å². The maximum absolute atomic E-state index is 13.7. The summed E-state index contributed by atoms with van der Waals surface area (Å²) in [5.41, 5.74) is 0.633. The van der Waals surface area contributed by atoms with Crippen LogP contribution < -0.4 is 4.72 Å². The van der Waals surface area contributed by atoms with E-state index in [0.717, 1.165) is 12.1 Å². The molecule has 0 aliphatic rings. The van der Waals surface area contributed by atoms with E-state index in [9.17, 15) is 17.2 Å². The van der Waals surface area contributed by atoms with Crippen LogP contribution in [0.5, 0.6) is 0 Å². The van der Waals surface area contributed by atoms with E-state index < -0.39 is 26.6 Å². The number of hydrogen-bond acceptors (Lipinski definition) is 5. The zero-order valence-electron chi connectivity index (χ0n) is 12.4. The highest BCUT2D eigenvalue weighted by Gasteiger charge is 2.21. The number of aryl methyl sites for hydroxylation is 1. The summed E-state index contributed by atoms with van der Waals surface area (Å²) < 4.78 is 58.7. The van der Waals surface area contributed by atoms with Gasteiger partial charge in [-0.05, 0) is 37.3 Å². The molecular formula is C15H12F2N2O3S2. The Morgan fingerprint density at radius 3 is 2.79 bits per heavy atom. The third-order valence-electron chi connectivity index (χ3n) is 3.23. The van der Waals surface area contributed by atoms with Crippen LogP contribution in [0.4, 0.5) is 8.78 Å². The van der Waals surface area contributed by atoms with Gasteiger partial charge in [0.25, 0.3) is 0 Å². The van der Waals surface area contributed by atoms with Crippen molar-refractivity contribution in [1.82, 2.24) is 9.71 Å². The largest absolute Gasteiger partial charge is 0.462 e. The van der Waals surface area contributed by atoms with Gasteiger partial charge in [-0.15, -0.1) is 11.3 Å². The second-order valence-corrected chi connectivity index (χ2v) is 7.72. The SMILES string of the molecule is Cc1nc(-c2ccco2)sc1CNS(=O)(=O)c1cc(F)ccc1F. The molecule has 0 aliphatic heterocycles. The lowest BCUT2D eigenvalue weighted by atomic mass is 10.3. The molecule has 0 saturated carbocycles. The number of hydrogen-bond donors (Lipinski definition) is 1. The van der Waals surface area contributed by atoms with E-state index in [1.54, 1.807) is 19.1 Å². The minimum absolute atomic E-state index is 0.0809. The van der Waals surface area contributed by atoms with E-state index in [4.69, 9.17) is 4.42 Å². The Labute approximate surface area is 141 Å². The average Bonchev–Trinajstić information content (AvgIpc) is 3.17. The molecule has 3 aromatic rings. The van der Waals surface area contributed by atoms with Gasteiger partial charge in [0.1, 0.15) is 16.5 Å². The highest BCUT2D eigenvalue weighted by Crippen LogP contribution is 2.28. The van der Waals surface area contributed by atoms with Crippen molar-refractivity contribution in [2.75, 3.05) is 0 Å². The Bertz CT molecular complexity index is 967. The van der Waals surface area contributed by atoms with Crippen molar-refractivity contribution >= 4 is 21.4 Å². The standard InChI is InChI=1S/C15H12F2N2O3S2/c1-9-13(23-15(19-9)12-3-2-6-22-12)8-18-24(20,21)14-7-10(16)4-5-11(14)17/h2-7,18H,8H2,1H3. The number of halogens is 2. The van der Waals surface area contributed by atoms with Crippen LogP contribution in [0, 0.1) is 18.6 Å². The number of thiazole rings is 1. The molecule has 24 heavy (non-hydrogen) atoms. The van der Waals surface area contributed by atoms with Gasteiger partial charge in [0, 0.05) is 11.4 Å². The summed E-state index contributed by atoms with van der Waals surface area (Å²) in [6.45, 7) is 1.65. The van der Waals surface area contributed by atoms with E-state index in [2.05, 4.69) is 9.71 Å². The number of rotatable bonds is 5. The molecule has 9 heteroatoms. The molecule has 126 valence electrons. The van der Waals surface area contributed by atoms with Crippen LogP contribution in [-0.4, -0.2) is 13.4 Å². The predicted octanol–water partition coefficient (Wildman–Crippen LogP) is 3.47. The van der Waals surface area contributed by atoms with E-state index in [0.29, 0.717) is 27.4 Å². The molecule has 0 saturated heterocycles. The molecular weight excluding hydrogens is 358 g/mol. The molecule has 0 atom stereocenters. The first-order valence-electron chi connectivity index (χ1n) is 6.82. The molecule has 0 unspecified atom stereocenters. The van der Waals surface area contributed by atoms with Crippen LogP contribution in [0.3, 0.4) is 0 Å². The smallest absolute Gasteiger partial charge is 0.243 e. The van der Waals surface area contributed by atoms with E-state index in [1.165, 1.54) is 17.6 Å². The molecule has 0 bridgehead atoms. The Balaban J connectivity index is 1.81. The molecule has 0 amide bonds. The molecule has 1 N–H and O–H groups in total. The monoisotopic (exact) mass is 370 g/mol. The number of furan rings is 1. The lowest BCUT2D eigenvalue weighted by Crippen LogP contribution is -2.24. The highest BCUT2D eigenvalue weighted by atomic mass is 32.2. The van der Waals surface area contributed by atoms with Crippen LogP contribution >= 0.6 is 11.3 Å². The second kappa shape index (κ2) is 6.42. The number of nitrogens with one attached hydrogen (secondary N) is 1. The molecule has 0 aliphatic carbocycles. The minimum atomic E-state index is -4.18. The fraction of sp³-hybridized carbons (Fsp3) is 0.133. The first-order valence-corrected chi connectivity index (χ1v) is 9.11. The van der Waals surface area contributed by atoms with Crippen molar-refractivity contribution in [2.45, 2.75) is 18.4 Å². The van der Waals surface area contributed by atoms with Crippen LogP contribution in [0.25, 0.3) is 10.8 Å². The van der Waals surface area contributed by atoms with E-state index >= 15 is 0 Å². The summed E-state index contributed by atoms with van der Waals surface area (Å²) in [5, 5.41) is 0.614. The van der Waals surface area contributed by atoms with Crippen molar-refractivity contribution in [2.24, 2.45) is 0 Å². The lowest BCUT2D eigenvalue weighted by molar-refractivity contribution is 0.545. The first kappa shape index (κ1) is 16.7. The van der Waals surface area contributed by atoms with Crippen LogP contribution in [0.1, 0.15) is 10.6 Å². The molecule has 0 radical (unpaired) electrons. The quantitative estimate of drug-likeness (QED) is 0.746. The van der Waals surface area contributed by atoms with E-state index in [-0.39, 0.29) is 6.54 Å². The summed E-state index contributed by atoms with van der Waals surface area (Å²) in [7, 11) is -4.18. The van der Waals surface area contributed by atoms with Crippen molar-refractivity contribution in [3.63, 3.8) is 0 Å². The van der Waals surface area contributed by atoms with Crippen molar-refractivity contribution in [3.8, 4) is 10.8 Å². The van der Waals surface area contributed by atoms with Gasteiger partial charge in [-0.2, -0.15) is 0 Å². The summed E-state index contributed by atoms with van der Waals surface area (Å²) in [6, 6.07) is 5.75. The molecule has 1 aromatic carbocycles. The number of nitrogens with zero attached hydrogens (tertiary/aromatic N) is 1. The Morgan fingerprint density at radius 1 is 1.29 bits per heavy atom. The highest BCUT2D eigenvalue weighted by molar-refractivity contribution is 7.89. The van der Waals surface area contributed by atoms with Crippen molar-refractivity contribution in [1.29, 1.82) is 0 Å². The number of sulfonamides is 1. The summed E-state index contributed by atoms with van der Waals surface area (Å²) in [5.74, 6) is -1.26. The van der Waals surface area contributed by atoms with Gasteiger partial charge in [0.15, 0.2) is 10.8 Å². The van der Waals surface area contributed by atoms with Gasteiger partial charge in [-0.25, -0.2) is 26.9 Å². The zero-order chi connectivity index (χ0) is 17.3. The summed E-state index contributed by atoms with van der Waals surface area (Å²) in [6.07, 6.45) is 1.52. The second-order valence-electron chi connectivity index (χ2n) is 4.90. The number of aromatic nitrogens is 1. The number of benzene rings is 1. The van der Waals surface area contributed by atoms with Gasteiger partial charge >= 0.3 is 0 Å². The Morgan fingerprint density at radius 2 is 2.08 bits per heavy atom. The average molecular weight is 370 g/mol. The maximum atomic E-state index is 13.7. The van der Waals surface area contributed by atoms with Gasteiger partial charge in [0.05, 0.1) is 12.0 Å². The lowest BCUT2D eigenvalue weighted by Gasteiger charge is -2.07. The van der Waals surface area contributed by atoms with Gasteiger partial charge in [-0.1, -0.05) is 0 Å². The summed E-state index contributed by atoms with van der Waals surface area (Å²) >= 11 is 1.26. The third-order valence-corrected chi connectivity index (χ3v) is 5.82. The van der Waals surface area contributed by atoms with Gasteiger partial charge in [0.2, 0.25) is 10.0 Å². The van der Waals surface area contributed by atoms with Crippen molar-refractivity contribution in [3.05, 3.63) is 58.8 Å². The summed E-state index contributed by atoms with van der Waals surface area (Å²) in [4.78, 5) is 4.24. The fourth-order valence-electron chi connectivity index (χ4n) is 2.02. The van der Waals surface area contributed by atoms with E-state index in [1.807, 2.05) is 0 Å². The molecule has 5 nitrogen and oxygen atoms in total. The van der Waals surface area contributed by atoms with Crippen molar-refractivity contribution < 1.29 is 21.6 Å². The topological polar surface area (TPSA) is 72.2 Å².